The van der Waals surface area contributed by atoms with Gasteiger partial charge in [0.05, 0.1) is 0 Å². The molecule has 1 N–H and O–H groups in total. The van der Waals surface area contributed by atoms with E-state index < -0.39 is 11.8 Å². The molecule has 0 aromatic heterocycles. The lowest BCUT2D eigenvalue weighted by Crippen LogP contribution is -2.09. The van der Waals surface area contributed by atoms with Crippen LogP contribution >= 0.6 is 11.8 Å². The summed E-state index contributed by atoms with van der Waals surface area (Å²) in [5, 5.41) is 9.64. The molecule has 110 valence electrons. The van der Waals surface area contributed by atoms with Crippen LogP contribution in [0.5, 0.6) is 5.75 Å². The molecule has 22 heavy (non-hydrogen) atoms. The van der Waals surface area contributed by atoms with Gasteiger partial charge in [-0.25, -0.2) is 0 Å². The highest BCUT2D eigenvalue weighted by molar-refractivity contribution is 7.99. The topological polar surface area (TPSA) is 37.3 Å². The van der Waals surface area contributed by atoms with E-state index in [-0.39, 0.29) is 11.5 Å². The maximum Gasteiger partial charge on any atom is 0.195 e. The molecule has 2 nitrogen and oxygen atoms in total. The minimum atomic E-state index is -0.646. The average molecular weight is 308 g/mol. The van der Waals surface area contributed by atoms with Crippen molar-refractivity contribution >= 4 is 17.5 Å². The summed E-state index contributed by atoms with van der Waals surface area (Å²) in [7, 11) is 0. The largest absolute Gasteiger partial charge is 0.508 e. The van der Waals surface area contributed by atoms with E-state index in [9.17, 15) is 9.90 Å². The van der Waals surface area contributed by atoms with Crippen molar-refractivity contribution in [3.63, 3.8) is 0 Å². The Morgan fingerprint density at radius 2 is 1.50 bits per heavy atom. The number of phenols is 1. The predicted octanol–water partition coefficient (Wildman–Crippen LogP) is 3.68. The van der Waals surface area contributed by atoms with Crippen LogP contribution in [-0.2, 0) is 0 Å². The van der Waals surface area contributed by atoms with E-state index in [1.165, 1.54) is 9.79 Å². The third kappa shape index (κ3) is 2.11. The molecule has 1 heterocycles. The number of carbonyl (C=O) groups is 1. The Kier molecular flexibility index (Phi) is 3.01. The van der Waals surface area contributed by atoms with Crippen molar-refractivity contribution < 1.29 is 9.90 Å². The van der Waals surface area contributed by atoms with Gasteiger partial charge in [0.1, 0.15) is 5.75 Å². The third-order valence-electron chi connectivity index (χ3n) is 4.17. The highest BCUT2D eigenvalue weighted by atomic mass is 32.2. The fourth-order valence-corrected chi connectivity index (χ4v) is 5.00. The van der Waals surface area contributed by atoms with Crippen molar-refractivity contribution in [2.45, 2.75) is 9.79 Å². The molecule has 3 aromatic carbocycles. The van der Waals surface area contributed by atoms with Gasteiger partial charge < -0.3 is 5.11 Å². The molecule has 3 heteroatoms. The monoisotopic (exact) mass is 308 g/mol. The summed E-state index contributed by atoms with van der Waals surface area (Å²) in [6, 6.07) is 21.2. The van der Waals surface area contributed by atoms with Gasteiger partial charge in [-0.05, 0) is 45.2 Å². The van der Waals surface area contributed by atoms with Crippen LogP contribution in [0.2, 0.25) is 0 Å². The first-order valence-corrected chi connectivity index (χ1v) is 8.69. The van der Waals surface area contributed by atoms with Crippen LogP contribution in [-0.4, -0.2) is 10.9 Å². The number of aromatic hydroxyl groups is 1. The van der Waals surface area contributed by atoms with Crippen LogP contribution in [0.25, 0.3) is 11.1 Å². The Labute approximate surface area is 132 Å². The zero-order valence-corrected chi connectivity index (χ0v) is 13.3. The number of hydrogen-bond donors (Lipinski definition) is 1. The molecule has 0 spiro atoms. The summed E-state index contributed by atoms with van der Waals surface area (Å²) < 4.78 is 0. The van der Waals surface area contributed by atoms with E-state index in [1.54, 1.807) is 12.1 Å². The Hall–Kier alpha value is -2.52. The first-order chi connectivity index (χ1) is 10.7. The Morgan fingerprint density at radius 1 is 0.727 bits per heavy atom. The van der Waals surface area contributed by atoms with Gasteiger partial charge in [-0.1, -0.05) is 42.5 Å². The van der Waals surface area contributed by atoms with Crippen LogP contribution < -0.4 is 0 Å². The fourth-order valence-electron chi connectivity index (χ4n) is 3.07. The standard InChI is InChI=1S/C19H16O2S/c20-14-5-3-4-12(10-14)13-8-9-16-18(11-13)22-17-7-2-1-6-15(17)19(16)21/h1-11,20H,22H4. The second kappa shape index (κ2) is 5.04. The minimum absolute atomic E-state index is 0.131. The van der Waals surface area contributed by atoms with E-state index in [1.807, 2.05) is 42.5 Å². The summed E-state index contributed by atoms with van der Waals surface area (Å²) in [6.45, 7) is 0. The SMILES string of the molecule is O=C1c2ccccc2[SH4]c2cc(-c3cccc(O)c3)ccc21. The molecule has 0 saturated heterocycles. The van der Waals surface area contributed by atoms with Crippen LogP contribution in [0.15, 0.2) is 76.5 Å². The van der Waals surface area contributed by atoms with Gasteiger partial charge in [-0.3, -0.25) is 16.6 Å². The summed E-state index contributed by atoms with van der Waals surface area (Å²) in [6.07, 6.45) is 0. The number of fused-ring (bicyclic) bond motifs is 2. The summed E-state index contributed by atoms with van der Waals surface area (Å²) in [5.74, 6) is 0.390. The van der Waals surface area contributed by atoms with Gasteiger partial charge in [0.25, 0.3) is 0 Å². The van der Waals surface area contributed by atoms with E-state index in [0.29, 0.717) is 0 Å². The Balaban J connectivity index is 1.82. The van der Waals surface area contributed by atoms with E-state index in [2.05, 4.69) is 12.1 Å². The molecular formula is C19H16O2S. The molecule has 0 fully saturated rings. The van der Waals surface area contributed by atoms with Gasteiger partial charge >= 0.3 is 0 Å². The van der Waals surface area contributed by atoms with Gasteiger partial charge in [0, 0.05) is 11.1 Å². The Morgan fingerprint density at radius 3 is 2.36 bits per heavy atom. The molecule has 1 aliphatic heterocycles. The number of hydrogen-bond acceptors (Lipinski definition) is 2. The second-order valence-corrected chi connectivity index (χ2v) is 7.46. The summed E-state index contributed by atoms with van der Waals surface area (Å²) in [4.78, 5) is 15.0. The van der Waals surface area contributed by atoms with Crippen molar-refractivity contribution in [1.82, 2.24) is 0 Å². The van der Waals surface area contributed by atoms with Crippen LogP contribution in [0.1, 0.15) is 15.9 Å². The molecular weight excluding hydrogens is 292 g/mol. The van der Waals surface area contributed by atoms with Crippen LogP contribution in [0.4, 0.5) is 0 Å². The molecule has 0 amide bonds. The van der Waals surface area contributed by atoms with E-state index >= 15 is 0 Å². The Bertz CT molecular complexity index is 899. The molecule has 0 bridgehead atoms. The molecule has 1 aliphatic rings. The normalized spacial score (nSPS) is 13.0. The molecule has 0 unspecified atom stereocenters. The van der Waals surface area contributed by atoms with Gasteiger partial charge in [0.15, 0.2) is 5.78 Å². The zero-order valence-electron chi connectivity index (χ0n) is 11.9. The van der Waals surface area contributed by atoms with Gasteiger partial charge in [0.2, 0.25) is 0 Å². The lowest BCUT2D eigenvalue weighted by Gasteiger charge is -2.21. The molecule has 0 aliphatic carbocycles. The highest BCUT2D eigenvalue weighted by Crippen LogP contribution is 2.41. The second-order valence-electron chi connectivity index (χ2n) is 5.59. The molecule has 0 radical (unpaired) electrons. The van der Waals surface area contributed by atoms with Crippen molar-refractivity contribution in [3.8, 4) is 16.9 Å². The number of carbonyl (C=O) groups excluding carboxylic acids is 1. The van der Waals surface area contributed by atoms with Crippen molar-refractivity contribution in [1.29, 1.82) is 0 Å². The maximum atomic E-state index is 12.6. The highest BCUT2D eigenvalue weighted by Gasteiger charge is 2.21. The van der Waals surface area contributed by atoms with Crippen molar-refractivity contribution in [2.24, 2.45) is 0 Å². The number of rotatable bonds is 1. The lowest BCUT2D eigenvalue weighted by atomic mass is 9.98. The van der Waals surface area contributed by atoms with E-state index in [0.717, 1.165) is 22.3 Å². The van der Waals surface area contributed by atoms with Gasteiger partial charge in [-0.15, -0.1) is 0 Å². The summed E-state index contributed by atoms with van der Waals surface area (Å²) >= 11 is -0.646. The molecule has 4 rings (SSSR count). The molecule has 0 atom stereocenters. The van der Waals surface area contributed by atoms with Gasteiger partial charge in [-0.2, -0.15) is 0 Å². The first-order valence-electron chi connectivity index (χ1n) is 7.27. The quantitative estimate of drug-likeness (QED) is 0.582. The van der Waals surface area contributed by atoms with Crippen LogP contribution in [0.3, 0.4) is 0 Å². The average Bonchev–Trinajstić information content (AvgIpc) is 2.55. The zero-order chi connectivity index (χ0) is 15.1. The minimum Gasteiger partial charge on any atom is -0.508 e. The smallest absolute Gasteiger partial charge is 0.195 e. The maximum absolute atomic E-state index is 12.6. The van der Waals surface area contributed by atoms with Crippen molar-refractivity contribution in [2.75, 3.05) is 0 Å². The predicted molar refractivity (Wildman–Crippen MR) is 93.1 cm³/mol. The van der Waals surface area contributed by atoms with Crippen LogP contribution in [0, 0.1) is 0 Å². The number of ketones is 1. The first kappa shape index (κ1) is 13.2. The molecule has 3 aromatic rings. The summed E-state index contributed by atoms with van der Waals surface area (Å²) in [5.41, 5.74) is 3.73. The third-order valence-corrected chi connectivity index (χ3v) is 6.14. The molecule has 0 saturated carbocycles. The fraction of sp³-hybridized carbons (Fsp3) is 0. The van der Waals surface area contributed by atoms with Crippen molar-refractivity contribution in [3.05, 3.63) is 77.9 Å². The number of phenolic OH excluding ortho intramolecular Hbond substituents is 1. The number of benzene rings is 3. The van der Waals surface area contributed by atoms with E-state index in [4.69, 9.17) is 0 Å². The lowest BCUT2D eigenvalue weighted by molar-refractivity contribution is 0.103.